The second kappa shape index (κ2) is 7.93. The van der Waals surface area contributed by atoms with Crippen LogP contribution in [0.1, 0.15) is 16.2 Å². The average Bonchev–Trinajstić information content (AvgIpc) is 3.12. The highest BCUT2D eigenvalue weighted by molar-refractivity contribution is 5.94. The Balaban J connectivity index is 1.79. The molecule has 26 heavy (non-hydrogen) atoms. The molecule has 3 aromatic rings. The number of aromatic nitrogens is 2. The molecule has 0 aliphatic heterocycles. The normalized spacial score (nSPS) is 10.7. The number of rotatable bonds is 6. The molecule has 0 saturated carbocycles. The third-order valence-electron chi connectivity index (χ3n) is 4.09. The summed E-state index contributed by atoms with van der Waals surface area (Å²) < 4.78 is 10.1. The van der Waals surface area contributed by atoms with Crippen molar-refractivity contribution in [3.8, 4) is 22.5 Å². The Bertz CT molecular complexity index is 887. The van der Waals surface area contributed by atoms with Crippen LogP contribution in [-0.4, -0.2) is 48.3 Å². The lowest BCUT2D eigenvalue weighted by atomic mass is 10.0. The molecule has 1 aromatic heterocycles. The summed E-state index contributed by atoms with van der Waals surface area (Å²) >= 11 is 0. The van der Waals surface area contributed by atoms with Gasteiger partial charge in [-0.05, 0) is 29.3 Å². The van der Waals surface area contributed by atoms with Crippen molar-refractivity contribution in [1.82, 2.24) is 15.0 Å². The van der Waals surface area contributed by atoms with Crippen molar-refractivity contribution in [1.29, 1.82) is 0 Å². The van der Waals surface area contributed by atoms with Crippen LogP contribution < -0.4 is 0 Å². The zero-order valence-corrected chi connectivity index (χ0v) is 15.1. The van der Waals surface area contributed by atoms with Crippen LogP contribution in [0.4, 0.5) is 0 Å². The smallest absolute Gasteiger partial charge is 0.253 e. The standard InChI is InChI=1S/C20H21N3O3/c1-14-21-19(22-26-14)18-6-4-5-17(13-18)15-7-9-16(10-8-15)20(24)23(2)11-12-25-3/h4-10,13H,11-12H2,1-3H3. The summed E-state index contributed by atoms with van der Waals surface area (Å²) in [6.45, 7) is 2.84. The van der Waals surface area contributed by atoms with Gasteiger partial charge in [0.15, 0.2) is 0 Å². The second-order valence-corrected chi connectivity index (χ2v) is 6.01. The summed E-state index contributed by atoms with van der Waals surface area (Å²) in [7, 11) is 3.39. The number of carbonyl (C=O) groups excluding carboxylic acids is 1. The van der Waals surface area contributed by atoms with Gasteiger partial charge in [-0.3, -0.25) is 4.79 Å². The van der Waals surface area contributed by atoms with E-state index in [1.165, 1.54) is 0 Å². The molecule has 0 aliphatic rings. The first kappa shape index (κ1) is 17.8. The number of ether oxygens (including phenoxy) is 1. The van der Waals surface area contributed by atoms with Crippen molar-refractivity contribution < 1.29 is 14.1 Å². The lowest BCUT2D eigenvalue weighted by Gasteiger charge is -2.16. The first-order valence-corrected chi connectivity index (χ1v) is 8.34. The number of methoxy groups -OCH3 is 1. The van der Waals surface area contributed by atoms with Gasteiger partial charge in [0.2, 0.25) is 11.7 Å². The molecule has 0 spiro atoms. The van der Waals surface area contributed by atoms with Gasteiger partial charge >= 0.3 is 0 Å². The van der Waals surface area contributed by atoms with Crippen LogP contribution in [-0.2, 0) is 4.74 Å². The number of likely N-dealkylation sites (N-methyl/N-ethyl adjacent to an activating group) is 1. The number of amides is 1. The fourth-order valence-corrected chi connectivity index (χ4v) is 2.61. The Hall–Kier alpha value is -2.99. The van der Waals surface area contributed by atoms with E-state index in [0.717, 1.165) is 16.7 Å². The largest absolute Gasteiger partial charge is 0.383 e. The van der Waals surface area contributed by atoms with Crippen molar-refractivity contribution >= 4 is 5.91 Å². The van der Waals surface area contributed by atoms with Crippen LogP contribution in [0, 0.1) is 6.92 Å². The lowest BCUT2D eigenvalue weighted by molar-refractivity contribution is 0.0744. The minimum absolute atomic E-state index is 0.0235. The summed E-state index contributed by atoms with van der Waals surface area (Å²) in [4.78, 5) is 18.3. The van der Waals surface area contributed by atoms with Crippen LogP contribution >= 0.6 is 0 Å². The SMILES string of the molecule is COCCN(C)C(=O)c1ccc(-c2cccc(-c3noc(C)n3)c2)cc1. The van der Waals surface area contributed by atoms with Gasteiger partial charge in [0, 0.05) is 38.8 Å². The molecule has 1 amide bonds. The van der Waals surface area contributed by atoms with Crippen molar-refractivity contribution in [3.63, 3.8) is 0 Å². The fourth-order valence-electron chi connectivity index (χ4n) is 2.61. The topological polar surface area (TPSA) is 68.5 Å². The molecule has 1 heterocycles. The van der Waals surface area contributed by atoms with Crippen LogP contribution in [0.25, 0.3) is 22.5 Å². The van der Waals surface area contributed by atoms with E-state index in [9.17, 15) is 4.79 Å². The van der Waals surface area contributed by atoms with Crippen LogP contribution in [0.2, 0.25) is 0 Å². The molecule has 0 N–H and O–H groups in total. The van der Waals surface area contributed by atoms with E-state index >= 15 is 0 Å². The van der Waals surface area contributed by atoms with E-state index in [1.807, 2.05) is 48.5 Å². The van der Waals surface area contributed by atoms with Crippen LogP contribution in [0.5, 0.6) is 0 Å². The molecule has 0 saturated heterocycles. The van der Waals surface area contributed by atoms with E-state index < -0.39 is 0 Å². The van der Waals surface area contributed by atoms with Gasteiger partial charge < -0.3 is 14.2 Å². The van der Waals surface area contributed by atoms with E-state index in [4.69, 9.17) is 9.26 Å². The maximum atomic E-state index is 12.4. The Morgan fingerprint density at radius 2 is 1.85 bits per heavy atom. The van der Waals surface area contributed by atoms with E-state index in [1.54, 1.807) is 26.0 Å². The predicted molar refractivity (Wildman–Crippen MR) is 98.7 cm³/mol. The van der Waals surface area contributed by atoms with Crippen molar-refractivity contribution in [2.24, 2.45) is 0 Å². The number of hydrogen-bond acceptors (Lipinski definition) is 5. The number of aryl methyl sites for hydroxylation is 1. The zero-order chi connectivity index (χ0) is 18.5. The zero-order valence-electron chi connectivity index (χ0n) is 15.1. The molecule has 6 nitrogen and oxygen atoms in total. The van der Waals surface area contributed by atoms with Gasteiger partial charge in [-0.15, -0.1) is 0 Å². The third kappa shape index (κ3) is 3.97. The Morgan fingerprint density at radius 3 is 2.50 bits per heavy atom. The highest BCUT2D eigenvalue weighted by Gasteiger charge is 2.12. The van der Waals surface area contributed by atoms with E-state index in [-0.39, 0.29) is 5.91 Å². The monoisotopic (exact) mass is 351 g/mol. The molecule has 0 radical (unpaired) electrons. The average molecular weight is 351 g/mol. The van der Waals surface area contributed by atoms with Crippen LogP contribution in [0.3, 0.4) is 0 Å². The molecular weight excluding hydrogens is 330 g/mol. The van der Waals surface area contributed by atoms with E-state index in [0.29, 0.717) is 30.4 Å². The summed E-state index contributed by atoms with van der Waals surface area (Å²) in [5, 5.41) is 3.96. The van der Waals surface area contributed by atoms with Gasteiger partial charge in [-0.2, -0.15) is 4.98 Å². The van der Waals surface area contributed by atoms with Crippen molar-refractivity contribution in [2.45, 2.75) is 6.92 Å². The number of hydrogen-bond donors (Lipinski definition) is 0. The molecule has 0 aliphatic carbocycles. The number of nitrogens with zero attached hydrogens (tertiary/aromatic N) is 3. The van der Waals surface area contributed by atoms with Crippen molar-refractivity contribution in [3.05, 3.63) is 60.0 Å². The second-order valence-electron chi connectivity index (χ2n) is 6.01. The Kier molecular flexibility index (Phi) is 5.43. The maximum absolute atomic E-state index is 12.4. The quantitative estimate of drug-likeness (QED) is 0.680. The number of benzene rings is 2. The molecule has 0 unspecified atom stereocenters. The first-order valence-electron chi connectivity index (χ1n) is 8.34. The van der Waals surface area contributed by atoms with Gasteiger partial charge in [0.1, 0.15) is 0 Å². The van der Waals surface area contributed by atoms with Crippen LogP contribution in [0.15, 0.2) is 53.1 Å². The maximum Gasteiger partial charge on any atom is 0.253 e. The van der Waals surface area contributed by atoms with E-state index in [2.05, 4.69) is 10.1 Å². The Morgan fingerprint density at radius 1 is 1.12 bits per heavy atom. The molecule has 0 fully saturated rings. The molecule has 134 valence electrons. The fraction of sp³-hybridized carbons (Fsp3) is 0.250. The summed E-state index contributed by atoms with van der Waals surface area (Å²) in [5.74, 6) is 1.08. The lowest BCUT2D eigenvalue weighted by Crippen LogP contribution is -2.29. The highest BCUT2D eigenvalue weighted by Crippen LogP contribution is 2.25. The predicted octanol–water partition coefficient (Wildman–Crippen LogP) is 3.43. The molecular formula is C20H21N3O3. The minimum atomic E-state index is -0.0235. The first-order chi connectivity index (χ1) is 12.6. The van der Waals surface area contributed by atoms with Gasteiger partial charge in [0.25, 0.3) is 5.91 Å². The molecule has 0 atom stereocenters. The summed E-state index contributed by atoms with van der Waals surface area (Å²) in [6.07, 6.45) is 0. The van der Waals surface area contributed by atoms with Gasteiger partial charge in [0.05, 0.1) is 6.61 Å². The highest BCUT2D eigenvalue weighted by atomic mass is 16.5. The van der Waals surface area contributed by atoms with Gasteiger partial charge in [-0.25, -0.2) is 0 Å². The number of carbonyl (C=O) groups is 1. The molecule has 0 bridgehead atoms. The molecule has 6 heteroatoms. The van der Waals surface area contributed by atoms with Crippen molar-refractivity contribution in [2.75, 3.05) is 27.3 Å². The minimum Gasteiger partial charge on any atom is -0.383 e. The summed E-state index contributed by atoms with van der Waals surface area (Å²) in [5.41, 5.74) is 3.58. The molecule has 3 rings (SSSR count). The Labute approximate surface area is 152 Å². The third-order valence-corrected chi connectivity index (χ3v) is 4.09. The van der Waals surface area contributed by atoms with Gasteiger partial charge in [-0.1, -0.05) is 35.5 Å². The summed E-state index contributed by atoms with van der Waals surface area (Å²) in [6, 6.07) is 15.5. The molecule has 2 aromatic carbocycles.